The van der Waals surface area contributed by atoms with Gasteiger partial charge in [0.05, 0.1) is 12.7 Å². The molecule has 0 amide bonds. The third-order valence-electron chi connectivity index (χ3n) is 1.78. The molecule has 1 rings (SSSR count). The van der Waals surface area contributed by atoms with E-state index in [1.807, 2.05) is 6.92 Å². The lowest BCUT2D eigenvalue weighted by atomic mass is 10.3. The lowest BCUT2D eigenvalue weighted by Gasteiger charge is -2.12. The van der Waals surface area contributed by atoms with Crippen LogP contribution >= 0.6 is 0 Å². The van der Waals surface area contributed by atoms with Crippen LogP contribution in [0.3, 0.4) is 0 Å². The number of anilines is 1. The highest BCUT2D eigenvalue weighted by Gasteiger charge is 2.06. The highest BCUT2D eigenvalue weighted by molar-refractivity contribution is 5.35. The van der Waals surface area contributed by atoms with E-state index in [0.717, 1.165) is 0 Å². The van der Waals surface area contributed by atoms with E-state index in [4.69, 9.17) is 4.74 Å². The molecule has 4 nitrogen and oxygen atoms in total. The summed E-state index contributed by atoms with van der Waals surface area (Å²) in [4.78, 5) is 3.79. The number of nitrogens with zero attached hydrogens (tertiary/aromatic N) is 1. The Kier molecular flexibility index (Phi) is 5.00. The molecule has 0 aromatic carbocycles. The van der Waals surface area contributed by atoms with Crippen molar-refractivity contribution in [1.82, 2.24) is 4.98 Å². The summed E-state index contributed by atoms with van der Waals surface area (Å²) in [5.74, 6) is -0.283. The quantitative estimate of drug-likeness (QED) is 0.742. The van der Waals surface area contributed by atoms with Gasteiger partial charge in [-0.3, -0.25) is 0 Å². The summed E-state index contributed by atoms with van der Waals surface area (Å²) in [6, 6.07) is 2.82. The molecule has 0 aliphatic carbocycles. The van der Waals surface area contributed by atoms with Gasteiger partial charge in [0, 0.05) is 19.3 Å². The van der Waals surface area contributed by atoms with Gasteiger partial charge in [-0.2, -0.15) is 0 Å². The van der Waals surface area contributed by atoms with Crippen LogP contribution in [0.5, 0.6) is 0 Å². The number of hydrogen-bond acceptors (Lipinski definition) is 4. The molecule has 1 aromatic heterocycles. The van der Waals surface area contributed by atoms with Crippen molar-refractivity contribution in [2.45, 2.75) is 13.0 Å². The summed E-state index contributed by atoms with van der Waals surface area (Å²) in [7, 11) is 0. The normalized spacial score (nSPS) is 12.5. The first kappa shape index (κ1) is 11.9. The summed E-state index contributed by atoms with van der Waals surface area (Å²) in [5, 5.41) is 12.1. The molecule has 0 saturated heterocycles. The molecule has 0 saturated carbocycles. The molecule has 0 spiro atoms. The molecular formula is C10H15FN2O2. The number of pyridine rings is 1. The molecule has 0 aliphatic heterocycles. The van der Waals surface area contributed by atoms with E-state index in [9.17, 15) is 9.50 Å². The van der Waals surface area contributed by atoms with Gasteiger partial charge in [-0.05, 0) is 19.1 Å². The van der Waals surface area contributed by atoms with Gasteiger partial charge >= 0.3 is 0 Å². The minimum Gasteiger partial charge on any atom is -0.389 e. The maximum absolute atomic E-state index is 13.1. The third kappa shape index (κ3) is 4.22. The van der Waals surface area contributed by atoms with Crippen LogP contribution in [0, 0.1) is 5.82 Å². The lowest BCUT2D eigenvalue weighted by Crippen LogP contribution is -2.25. The first-order valence-electron chi connectivity index (χ1n) is 4.84. The van der Waals surface area contributed by atoms with Crippen LogP contribution in [0.15, 0.2) is 18.3 Å². The number of nitrogens with one attached hydrogen (secondary N) is 1. The van der Waals surface area contributed by atoms with E-state index < -0.39 is 11.9 Å². The number of aliphatic hydroxyl groups excluding tert-OH is 1. The number of aromatic nitrogens is 1. The minimum atomic E-state index is -0.661. The van der Waals surface area contributed by atoms with Gasteiger partial charge < -0.3 is 15.2 Å². The first-order valence-corrected chi connectivity index (χ1v) is 4.84. The predicted molar refractivity (Wildman–Crippen MR) is 55.2 cm³/mol. The fourth-order valence-electron chi connectivity index (χ4n) is 1.04. The number of halogens is 1. The fourth-order valence-corrected chi connectivity index (χ4v) is 1.04. The van der Waals surface area contributed by atoms with E-state index in [1.54, 1.807) is 0 Å². The van der Waals surface area contributed by atoms with Crippen molar-refractivity contribution in [3.05, 3.63) is 24.1 Å². The highest BCUT2D eigenvalue weighted by atomic mass is 19.1. The molecule has 0 fully saturated rings. The Morgan fingerprint density at radius 1 is 1.67 bits per heavy atom. The van der Waals surface area contributed by atoms with Crippen LogP contribution in [-0.4, -0.2) is 36.0 Å². The van der Waals surface area contributed by atoms with Crippen molar-refractivity contribution >= 4 is 5.82 Å². The highest BCUT2D eigenvalue weighted by Crippen LogP contribution is 2.07. The van der Waals surface area contributed by atoms with Gasteiger partial charge in [-0.1, -0.05) is 0 Å². The number of ether oxygens (including phenoxy) is 1. The second-order valence-electron chi connectivity index (χ2n) is 3.03. The summed E-state index contributed by atoms with van der Waals surface area (Å²) in [5.41, 5.74) is 0. The van der Waals surface area contributed by atoms with Gasteiger partial charge in [0.15, 0.2) is 11.6 Å². The Morgan fingerprint density at radius 2 is 2.47 bits per heavy atom. The third-order valence-corrected chi connectivity index (χ3v) is 1.78. The molecule has 5 heteroatoms. The van der Waals surface area contributed by atoms with Crippen molar-refractivity contribution in [2.75, 3.05) is 25.1 Å². The van der Waals surface area contributed by atoms with E-state index >= 15 is 0 Å². The predicted octanol–water partition coefficient (Wildman–Crippen LogP) is 1.03. The topological polar surface area (TPSA) is 54.4 Å². The smallest absolute Gasteiger partial charge is 0.165 e. The number of aliphatic hydroxyl groups is 1. The molecule has 1 heterocycles. The monoisotopic (exact) mass is 214 g/mol. The fraction of sp³-hybridized carbons (Fsp3) is 0.500. The van der Waals surface area contributed by atoms with Gasteiger partial charge in [0.2, 0.25) is 0 Å². The van der Waals surface area contributed by atoms with E-state index in [2.05, 4.69) is 10.3 Å². The molecule has 15 heavy (non-hydrogen) atoms. The first-order chi connectivity index (χ1) is 7.24. The largest absolute Gasteiger partial charge is 0.389 e. The standard InChI is InChI=1S/C10H15FN2O2/c1-2-15-7-8(14)6-13-10-9(11)4-3-5-12-10/h3-5,8,14H,2,6-7H2,1H3,(H,12,13). The summed E-state index contributed by atoms with van der Waals surface area (Å²) < 4.78 is 18.1. The van der Waals surface area contributed by atoms with Gasteiger partial charge in [-0.15, -0.1) is 0 Å². The Morgan fingerprint density at radius 3 is 3.13 bits per heavy atom. The molecular weight excluding hydrogens is 199 g/mol. The average molecular weight is 214 g/mol. The van der Waals surface area contributed by atoms with Crippen molar-refractivity contribution < 1.29 is 14.2 Å². The SMILES string of the molecule is CCOCC(O)CNc1ncccc1F. The van der Waals surface area contributed by atoms with Crippen LogP contribution in [0.2, 0.25) is 0 Å². The Balaban J connectivity index is 2.33. The number of hydrogen-bond donors (Lipinski definition) is 2. The van der Waals surface area contributed by atoms with Crippen molar-refractivity contribution in [1.29, 1.82) is 0 Å². The molecule has 84 valence electrons. The molecule has 0 bridgehead atoms. The second-order valence-corrected chi connectivity index (χ2v) is 3.03. The van der Waals surface area contributed by atoms with Gasteiger partial charge in [0.25, 0.3) is 0 Å². The molecule has 1 aromatic rings. The van der Waals surface area contributed by atoms with Crippen molar-refractivity contribution in [3.63, 3.8) is 0 Å². The Bertz CT molecular complexity index is 297. The zero-order valence-corrected chi connectivity index (χ0v) is 8.61. The molecule has 2 N–H and O–H groups in total. The lowest BCUT2D eigenvalue weighted by molar-refractivity contribution is 0.0495. The van der Waals surface area contributed by atoms with Crippen molar-refractivity contribution in [3.8, 4) is 0 Å². The van der Waals surface area contributed by atoms with Crippen LogP contribution in [0.1, 0.15) is 6.92 Å². The van der Waals surface area contributed by atoms with Crippen LogP contribution in [0.4, 0.5) is 10.2 Å². The van der Waals surface area contributed by atoms with Crippen LogP contribution in [0.25, 0.3) is 0 Å². The summed E-state index contributed by atoms with van der Waals surface area (Å²) in [6.07, 6.45) is 0.826. The molecule has 0 aliphatic rings. The Hall–Kier alpha value is -1.20. The number of rotatable bonds is 6. The zero-order chi connectivity index (χ0) is 11.1. The average Bonchev–Trinajstić information content (AvgIpc) is 2.25. The molecule has 1 atom stereocenters. The molecule has 1 unspecified atom stereocenters. The van der Waals surface area contributed by atoms with Crippen LogP contribution < -0.4 is 5.32 Å². The van der Waals surface area contributed by atoms with Crippen molar-refractivity contribution in [2.24, 2.45) is 0 Å². The molecule has 0 radical (unpaired) electrons. The minimum absolute atomic E-state index is 0.146. The van der Waals surface area contributed by atoms with E-state index in [-0.39, 0.29) is 19.0 Å². The van der Waals surface area contributed by atoms with Gasteiger partial charge in [-0.25, -0.2) is 9.37 Å². The van der Waals surface area contributed by atoms with E-state index in [0.29, 0.717) is 6.61 Å². The van der Waals surface area contributed by atoms with E-state index in [1.165, 1.54) is 18.3 Å². The summed E-state index contributed by atoms with van der Waals surface area (Å²) >= 11 is 0. The van der Waals surface area contributed by atoms with Gasteiger partial charge in [0.1, 0.15) is 0 Å². The second kappa shape index (κ2) is 6.31. The zero-order valence-electron chi connectivity index (χ0n) is 8.61. The maximum atomic E-state index is 13.1. The maximum Gasteiger partial charge on any atom is 0.165 e. The summed E-state index contributed by atoms with van der Waals surface area (Å²) in [6.45, 7) is 2.85. The van der Waals surface area contributed by atoms with Crippen LogP contribution in [-0.2, 0) is 4.74 Å². The Labute approximate surface area is 88.1 Å².